The number of hydrogen-bond donors (Lipinski definition) is 2. The van der Waals surface area contributed by atoms with Crippen molar-refractivity contribution in [2.24, 2.45) is 5.84 Å². The van der Waals surface area contributed by atoms with Crippen LogP contribution in [0.1, 0.15) is 24.4 Å². The monoisotopic (exact) mass is 268 g/mol. The van der Waals surface area contributed by atoms with Crippen LogP contribution in [0.2, 0.25) is 5.02 Å². The molecule has 2 aromatic rings. The zero-order valence-corrected chi connectivity index (χ0v) is 10.7. The number of nitrogens with one attached hydrogen (secondary N) is 1. The average Bonchev–Trinajstić information content (AvgIpc) is 2.81. The Morgan fingerprint density at radius 1 is 1.56 bits per heavy atom. The summed E-state index contributed by atoms with van der Waals surface area (Å²) in [6.45, 7) is 2.72. The van der Waals surface area contributed by atoms with Gasteiger partial charge < -0.3 is 4.57 Å². The first kappa shape index (κ1) is 13.0. The van der Waals surface area contributed by atoms with Gasteiger partial charge in [0.25, 0.3) is 0 Å². The van der Waals surface area contributed by atoms with Gasteiger partial charge in [-0.25, -0.2) is 14.8 Å². The van der Waals surface area contributed by atoms with Crippen LogP contribution in [-0.2, 0) is 6.54 Å². The standard InChI is InChI=1S/C12H14ClFN4/c1-2-18-6-5-16-12(18)11(17-15)9-4-3-8(13)7-10(9)14/h3-7,11,17H,2,15H2,1H3. The highest BCUT2D eigenvalue weighted by Crippen LogP contribution is 2.24. The molecular formula is C12H14ClFN4. The van der Waals surface area contributed by atoms with Gasteiger partial charge in [-0.3, -0.25) is 5.84 Å². The third kappa shape index (κ3) is 2.38. The second-order valence-electron chi connectivity index (χ2n) is 3.84. The molecule has 6 heteroatoms. The maximum Gasteiger partial charge on any atom is 0.131 e. The summed E-state index contributed by atoms with van der Waals surface area (Å²) in [5.74, 6) is 5.78. The minimum Gasteiger partial charge on any atom is -0.334 e. The van der Waals surface area contributed by atoms with Gasteiger partial charge in [-0.1, -0.05) is 17.7 Å². The minimum atomic E-state index is -0.503. The second-order valence-corrected chi connectivity index (χ2v) is 4.27. The predicted molar refractivity (Wildman–Crippen MR) is 68.5 cm³/mol. The molecule has 0 saturated heterocycles. The zero-order chi connectivity index (χ0) is 13.1. The zero-order valence-electron chi connectivity index (χ0n) is 9.90. The van der Waals surface area contributed by atoms with Crippen molar-refractivity contribution in [2.45, 2.75) is 19.5 Å². The third-order valence-corrected chi connectivity index (χ3v) is 3.02. The second kappa shape index (κ2) is 5.48. The van der Waals surface area contributed by atoms with E-state index in [0.717, 1.165) is 6.54 Å². The van der Waals surface area contributed by atoms with Gasteiger partial charge in [0.05, 0.1) is 0 Å². The SMILES string of the molecule is CCn1ccnc1C(NN)c1ccc(Cl)cc1F. The maximum atomic E-state index is 13.9. The Hall–Kier alpha value is -1.43. The number of rotatable bonds is 4. The number of aromatic nitrogens is 2. The molecule has 96 valence electrons. The number of nitrogens with zero attached hydrogens (tertiary/aromatic N) is 2. The molecule has 0 radical (unpaired) electrons. The number of imidazole rings is 1. The molecule has 3 N–H and O–H groups in total. The molecule has 0 aliphatic rings. The van der Waals surface area contributed by atoms with Crippen LogP contribution in [-0.4, -0.2) is 9.55 Å². The van der Waals surface area contributed by atoms with E-state index in [9.17, 15) is 4.39 Å². The first-order chi connectivity index (χ1) is 8.67. The van der Waals surface area contributed by atoms with Gasteiger partial charge in [-0.2, -0.15) is 0 Å². The molecule has 18 heavy (non-hydrogen) atoms. The molecule has 1 aromatic heterocycles. The summed E-state index contributed by atoms with van der Waals surface area (Å²) >= 11 is 5.74. The molecule has 4 nitrogen and oxygen atoms in total. The Bertz CT molecular complexity index is 541. The van der Waals surface area contributed by atoms with E-state index >= 15 is 0 Å². The lowest BCUT2D eigenvalue weighted by atomic mass is 10.1. The van der Waals surface area contributed by atoms with Gasteiger partial charge in [0.1, 0.15) is 17.7 Å². The number of benzene rings is 1. The molecule has 1 heterocycles. The summed E-state index contributed by atoms with van der Waals surface area (Å²) in [5.41, 5.74) is 3.01. The number of halogens is 2. The first-order valence-electron chi connectivity index (χ1n) is 5.59. The fourth-order valence-corrected chi connectivity index (χ4v) is 2.05. The molecule has 0 fully saturated rings. The van der Waals surface area contributed by atoms with Gasteiger partial charge in [0.15, 0.2) is 0 Å². The van der Waals surface area contributed by atoms with Crippen molar-refractivity contribution < 1.29 is 4.39 Å². The van der Waals surface area contributed by atoms with Crippen molar-refractivity contribution in [3.63, 3.8) is 0 Å². The summed E-state index contributed by atoms with van der Waals surface area (Å²) in [6, 6.07) is 4.00. The van der Waals surface area contributed by atoms with Crippen molar-refractivity contribution >= 4 is 11.6 Å². The molecule has 0 bridgehead atoms. The molecule has 1 atom stereocenters. The van der Waals surface area contributed by atoms with E-state index in [1.165, 1.54) is 6.07 Å². The van der Waals surface area contributed by atoms with E-state index in [2.05, 4.69) is 10.4 Å². The Kier molecular flexibility index (Phi) is 3.96. The number of aryl methyl sites for hydroxylation is 1. The molecular weight excluding hydrogens is 255 g/mol. The highest BCUT2D eigenvalue weighted by atomic mass is 35.5. The summed E-state index contributed by atoms with van der Waals surface area (Å²) < 4.78 is 15.8. The van der Waals surface area contributed by atoms with E-state index in [0.29, 0.717) is 16.4 Å². The van der Waals surface area contributed by atoms with E-state index in [-0.39, 0.29) is 0 Å². The minimum absolute atomic E-state index is 0.353. The van der Waals surface area contributed by atoms with E-state index in [4.69, 9.17) is 17.4 Å². The molecule has 0 saturated carbocycles. The Labute approximate surface area is 110 Å². The van der Waals surface area contributed by atoms with Crippen LogP contribution in [0.5, 0.6) is 0 Å². The van der Waals surface area contributed by atoms with Crippen molar-refractivity contribution in [2.75, 3.05) is 0 Å². The summed E-state index contributed by atoms with van der Waals surface area (Å²) in [6.07, 6.45) is 3.49. The Morgan fingerprint density at radius 2 is 2.33 bits per heavy atom. The Balaban J connectivity index is 2.45. The van der Waals surface area contributed by atoms with Crippen LogP contribution in [0, 0.1) is 5.82 Å². The largest absolute Gasteiger partial charge is 0.334 e. The quantitative estimate of drug-likeness (QED) is 0.661. The fourth-order valence-electron chi connectivity index (χ4n) is 1.89. The molecule has 2 rings (SSSR count). The molecule has 1 unspecified atom stereocenters. The summed E-state index contributed by atoms with van der Waals surface area (Å²) in [5, 5.41) is 0.353. The fraction of sp³-hybridized carbons (Fsp3) is 0.250. The van der Waals surface area contributed by atoms with Gasteiger partial charge in [0, 0.05) is 29.5 Å². The van der Waals surface area contributed by atoms with Crippen molar-refractivity contribution in [3.8, 4) is 0 Å². The maximum absolute atomic E-state index is 13.9. The highest BCUT2D eigenvalue weighted by Gasteiger charge is 2.20. The molecule has 1 aromatic carbocycles. The van der Waals surface area contributed by atoms with E-state index in [1.807, 2.05) is 17.7 Å². The van der Waals surface area contributed by atoms with Crippen molar-refractivity contribution in [3.05, 3.63) is 52.8 Å². The van der Waals surface area contributed by atoms with E-state index < -0.39 is 11.9 Å². The smallest absolute Gasteiger partial charge is 0.131 e. The number of hydrogen-bond acceptors (Lipinski definition) is 3. The molecule has 0 aliphatic heterocycles. The first-order valence-corrected chi connectivity index (χ1v) is 5.97. The highest BCUT2D eigenvalue weighted by molar-refractivity contribution is 6.30. The normalized spacial score (nSPS) is 12.7. The average molecular weight is 269 g/mol. The molecule has 0 spiro atoms. The Morgan fingerprint density at radius 3 is 2.94 bits per heavy atom. The number of hydrazine groups is 1. The van der Waals surface area contributed by atoms with Gasteiger partial charge in [-0.15, -0.1) is 0 Å². The molecule has 0 amide bonds. The van der Waals surface area contributed by atoms with Gasteiger partial charge in [0.2, 0.25) is 0 Å². The topological polar surface area (TPSA) is 55.9 Å². The lowest BCUT2D eigenvalue weighted by Gasteiger charge is -2.18. The number of nitrogens with two attached hydrogens (primary N) is 1. The third-order valence-electron chi connectivity index (χ3n) is 2.79. The summed E-state index contributed by atoms with van der Waals surface area (Å²) in [7, 11) is 0. The van der Waals surface area contributed by atoms with Crippen LogP contribution in [0.3, 0.4) is 0 Å². The lowest BCUT2D eigenvalue weighted by Crippen LogP contribution is -2.31. The van der Waals surface area contributed by atoms with Crippen LogP contribution >= 0.6 is 11.6 Å². The van der Waals surface area contributed by atoms with E-state index in [1.54, 1.807) is 18.3 Å². The molecule has 0 aliphatic carbocycles. The van der Waals surface area contributed by atoms with Gasteiger partial charge in [-0.05, 0) is 19.1 Å². The van der Waals surface area contributed by atoms with Crippen LogP contribution in [0.25, 0.3) is 0 Å². The predicted octanol–water partition coefficient (Wildman–Crippen LogP) is 2.25. The summed E-state index contributed by atoms with van der Waals surface area (Å²) in [4.78, 5) is 4.22. The van der Waals surface area contributed by atoms with Crippen LogP contribution in [0.4, 0.5) is 4.39 Å². The van der Waals surface area contributed by atoms with Crippen molar-refractivity contribution in [1.82, 2.24) is 15.0 Å². The van der Waals surface area contributed by atoms with Crippen LogP contribution in [0.15, 0.2) is 30.6 Å². The van der Waals surface area contributed by atoms with Crippen molar-refractivity contribution in [1.29, 1.82) is 0 Å². The lowest BCUT2D eigenvalue weighted by molar-refractivity contribution is 0.523. The van der Waals surface area contributed by atoms with Crippen LogP contribution < -0.4 is 11.3 Å². The van der Waals surface area contributed by atoms with Gasteiger partial charge >= 0.3 is 0 Å².